The van der Waals surface area contributed by atoms with Crippen molar-refractivity contribution in [2.24, 2.45) is 0 Å². The molecule has 3 aromatic carbocycles. The minimum atomic E-state index is -0.224. The summed E-state index contributed by atoms with van der Waals surface area (Å²) in [7, 11) is 0. The molecule has 1 aromatic heterocycles. The highest BCUT2D eigenvalue weighted by molar-refractivity contribution is 5.53. The van der Waals surface area contributed by atoms with Crippen LogP contribution in [0.3, 0.4) is 0 Å². The van der Waals surface area contributed by atoms with E-state index < -0.39 is 0 Å². The second-order valence-corrected chi connectivity index (χ2v) is 6.60. The lowest BCUT2D eigenvalue weighted by atomic mass is 10.1. The van der Waals surface area contributed by atoms with Crippen molar-refractivity contribution in [3.05, 3.63) is 101 Å². The number of nitrogens with zero attached hydrogens (tertiary/aromatic N) is 2. The Balaban J connectivity index is 1.70. The van der Waals surface area contributed by atoms with Crippen LogP contribution in [0.15, 0.2) is 83.3 Å². The van der Waals surface area contributed by atoms with Crippen LogP contribution in [-0.4, -0.2) is 10.2 Å². The number of aromatic nitrogens is 2. The Bertz CT molecular complexity index is 1030. The van der Waals surface area contributed by atoms with E-state index in [1.54, 1.807) is 0 Å². The molecule has 134 valence electrons. The maximum absolute atomic E-state index is 6.03. The van der Waals surface area contributed by atoms with E-state index in [4.69, 9.17) is 4.42 Å². The lowest BCUT2D eigenvalue weighted by molar-refractivity contribution is 0.494. The van der Waals surface area contributed by atoms with Crippen molar-refractivity contribution in [1.82, 2.24) is 10.2 Å². The van der Waals surface area contributed by atoms with Gasteiger partial charge < -0.3 is 9.73 Å². The van der Waals surface area contributed by atoms with Gasteiger partial charge in [0.15, 0.2) is 0 Å². The summed E-state index contributed by atoms with van der Waals surface area (Å²) in [6, 6.07) is 26.1. The molecule has 4 aromatic rings. The first kappa shape index (κ1) is 17.0. The van der Waals surface area contributed by atoms with Crippen LogP contribution in [0.1, 0.15) is 28.6 Å². The molecular weight excluding hydrogens is 334 g/mol. The summed E-state index contributed by atoms with van der Waals surface area (Å²) in [4.78, 5) is 0. The van der Waals surface area contributed by atoms with Crippen molar-refractivity contribution in [3.8, 4) is 11.5 Å². The molecule has 0 saturated carbocycles. The average Bonchev–Trinajstić information content (AvgIpc) is 3.20. The van der Waals surface area contributed by atoms with Crippen molar-refractivity contribution in [3.63, 3.8) is 0 Å². The van der Waals surface area contributed by atoms with E-state index in [9.17, 15) is 0 Å². The molecule has 0 fully saturated rings. The summed E-state index contributed by atoms with van der Waals surface area (Å²) in [6.07, 6.45) is 0. The van der Waals surface area contributed by atoms with Crippen molar-refractivity contribution >= 4 is 5.69 Å². The average molecular weight is 355 g/mol. The summed E-state index contributed by atoms with van der Waals surface area (Å²) < 4.78 is 6.03. The van der Waals surface area contributed by atoms with Gasteiger partial charge in [-0.05, 0) is 54.8 Å². The van der Waals surface area contributed by atoms with E-state index >= 15 is 0 Å². The summed E-state index contributed by atoms with van der Waals surface area (Å²) >= 11 is 0. The molecule has 0 bridgehead atoms. The molecule has 4 rings (SSSR count). The van der Waals surface area contributed by atoms with E-state index in [0.717, 1.165) is 16.8 Å². The lowest BCUT2D eigenvalue weighted by Crippen LogP contribution is -2.13. The molecule has 0 spiro atoms. The fourth-order valence-corrected chi connectivity index (χ4v) is 2.98. The zero-order valence-corrected chi connectivity index (χ0v) is 15.4. The molecule has 0 radical (unpaired) electrons. The van der Waals surface area contributed by atoms with Crippen LogP contribution in [0, 0.1) is 13.8 Å². The quantitative estimate of drug-likeness (QED) is 0.509. The molecule has 1 N–H and O–H groups in total. The van der Waals surface area contributed by atoms with Crippen molar-refractivity contribution in [1.29, 1.82) is 0 Å². The lowest BCUT2D eigenvalue weighted by Gasteiger charge is -2.18. The second kappa shape index (κ2) is 7.46. The molecule has 0 aliphatic rings. The highest BCUT2D eigenvalue weighted by Gasteiger charge is 2.21. The number of nitrogens with one attached hydrogen (secondary N) is 1. The van der Waals surface area contributed by atoms with Crippen LogP contribution >= 0.6 is 0 Å². The number of benzene rings is 3. The number of aryl methyl sites for hydroxylation is 2. The van der Waals surface area contributed by atoms with Crippen LogP contribution in [0.4, 0.5) is 5.69 Å². The number of hydrogen-bond acceptors (Lipinski definition) is 4. The largest absolute Gasteiger partial charge is 0.418 e. The summed E-state index contributed by atoms with van der Waals surface area (Å²) in [5.74, 6) is 1.06. The first-order valence-corrected chi connectivity index (χ1v) is 8.98. The zero-order chi connectivity index (χ0) is 18.6. The maximum Gasteiger partial charge on any atom is 0.247 e. The summed E-state index contributed by atoms with van der Waals surface area (Å²) in [5, 5.41) is 12.1. The monoisotopic (exact) mass is 355 g/mol. The molecule has 27 heavy (non-hydrogen) atoms. The van der Waals surface area contributed by atoms with Gasteiger partial charge in [0, 0.05) is 11.3 Å². The van der Waals surface area contributed by atoms with Crippen molar-refractivity contribution in [2.75, 3.05) is 5.32 Å². The van der Waals surface area contributed by atoms with Gasteiger partial charge in [0.1, 0.15) is 6.04 Å². The number of hydrogen-bond donors (Lipinski definition) is 1. The Morgan fingerprint density at radius 3 is 2.19 bits per heavy atom. The number of anilines is 1. The molecule has 0 unspecified atom stereocenters. The Labute approximate surface area is 158 Å². The summed E-state index contributed by atoms with van der Waals surface area (Å²) in [5.41, 5.74) is 5.50. The highest BCUT2D eigenvalue weighted by Crippen LogP contribution is 2.29. The molecule has 4 heteroatoms. The molecule has 0 amide bonds. The van der Waals surface area contributed by atoms with Gasteiger partial charge in [0.05, 0.1) is 0 Å². The van der Waals surface area contributed by atoms with E-state index in [-0.39, 0.29) is 6.04 Å². The Morgan fingerprint density at radius 1 is 0.778 bits per heavy atom. The van der Waals surface area contributed by atoms with E-state index in [2.05, 4.69) is 59.7 Å². The molecule has 4 nitrogen and oxygen atoms in total. The van der Waals surface area contributed by atoms with Crippen molar-refractivity contribution < 1.29 is 4.42 Å². The van der Waals surface area contributed by atoms with Crippen LogP contribution < -0.4 is 5.32 Å². The van der Waals surface area contributed by atoms with E-state index in [1.807, 2.05) is 48.5 Å². The normalized spacial score (nSPS) is 11.9. The second-order valence-electron chi connectivity index (χ2n) is 6.60. The zero-order valence-electron chi connectivity index (χ0n) is 15.4. The first-order valence-electron chi connectivity index (χ1n) is 8.98. The van der Waals surface area contributed by atoms with Gasteiger partial charge in [-0.15, -0.1) is 10.2 Å². The smallest absolute Gasteiger partial charge is 0.247 e. The SMILES string of the molecule is Cc1ccc(N[C@H](c2ccccc2)c2nnc(-c3ccccc3)o2)cc1C. The van der Waals surface area contributed by atoms with Gasteiger partial charge in [0.2, 0.25) is 11.8 Å². The third-order valence-corrected chi connectivity index (χ3v) is 4.66. The fourth-order valence-electron chi connectivity index (χ4n) is 2.98. The fraction of sp³-hybridized carbons (Fsp3) is 0.130. The maximum atomic E-state index is 6.03. The molecule has 1 atom stereocenters. The van der Waals surface area contributed by atoms with Gasteiger partial charge in [0.25, 0.3) is 0 Å². The van der Waals surface area contributed by atoms with Gasteiger partial charge in [-0.2, -0.15) is 0 Å². The number of rotatable bonds is 5. The van der Waals surface area contributed by atoms with Crippen molar-refractivity contribution in [2.45, 2.75) is 19.9 Å². The van der Waals surface area contributed by atoms with Gasteiger partial charge >= 0.3 is 0 Å². The van der Waals surface area contributed by atoms with Crippen LogP contribution in [0.25, 0.3) is 11.5 Å². The minimum Gasteiger partial charge on any atom is -0.418 e. The Hall–Kier alpha value is -3.40. The summed E-state index contributed by atoms with van der Waals surface area (Å²) in [6.45, 7) is 4.22. The molecule has 0 saturated heterocycles. The van der Waals surface area contributed by atoms with E-state index in [1.165, 1.54) is 11.1 Å². The third kappa shape index (κ3) is 3.75. The molecule has 0 aliphatic heterocycles. The van der Waals surface area contributed by atoms with Gasteiger partial charge in [-0.3, -0.25) is 0 Å². The van der Waals surface area contributed by atoms with Gasteiger partial charge in [-0.25, -0.2) is 0 Å². The Kier molecular flexibility index (Phi) is 4.71. The van der Waals surface area contributed by atoms with Gasteiger partial charge in [-0.1, -0.05) is 54.6 Å². The standard InChI is InChI=1S/C23H21N3O/c1-16-13-14-20(15-17(16)2)24-21(18-9-5-3-6-10-18)23-26-25-22(27-23)19-11-7-4-8-12-19/h3-15,21,24H,1-2H3/t21-/m1/s1. The minimum absolute atomic E-state index is 0.224. The van der Waals surface area contributed by atoms with Crippen LogP contribution in [0.5, 0.6) is 0 Å². The predicted molar refractivity (Wildman–Crippen MR) is 108 cm³/mol. The highest BCUT2D eigenvalue weighted by atomic mass is 16.4. The Morgan fingerprint density at radius 2 is 1.48 bits per heavy atom. The van der Waals surface area contributed by atoms with Crippen LogP contribution in [0.2, 0.25) is 0 Å². The topological polar surface area (TPSA) is 51.0 Å². The molecule has 0 aliphatic carbocycles. The van der Waals surface area contributed by atoms with E-state index in [0.29, 0.717) is 11.8 Å². The predicted octanol–water partition coefficient (Wildman–Crippen LogP) is 5.55. The molecular formula is C23H21N3O. The molecule has 1 heterocycles. The van der Waals surface area contributed by atoms with Crippen LogP contribution in [-0.2, 0) is 0 Å². The third-order valence-electron chi connectivity index (χ3n) is 4.66. The first-order chi connectivity index (χ1) is 13.2.